The van der Waals surface area contributed by atoms with E-state index in [9.17, 15) is 0 Å². The summed E-state index contributed by atoms with van der Waals surface area (Å²) in [5, 5.41) is 8.04. The van der Waals surface area contributed by atoms with Gasteiger partial charge >= 0.3 is 0 Å². The normalized spacial score (nSPS) is 12.2. The first-order chi connectivity index (χ1) is 11.2. The number of nitrogens with two attached hydrogens (primary N) is 1. The molecule has 0 aliphatic rings. The van der Waals surface area contributed by atoms with Gasteiger partial charge in [0.05, 0.1) is 18.8 Å². The van der Waals surface area contributed by atoms with E-state index in [1.54, 1.807) is 11.0 Å². The fourth-order valence-corrected chi connectivity index (χ4v) is 2.30. The molecule has 1 aromatic carbocycles. The number of aromatic nitrogens is 5. The predicted octanol–water partition coefficient (Wildman–Crippen LogP) is 1.72. The molecule has 0 amide bonds. The monoisotopic (exact) mass is 349 g/mol. The SMILES string of the molecule is CC(c1ccc(-n2cncn2)cc1)N(C)Cc1noc(CN)n1.Cl. The maximum atomic E-state index is 5.48. The molecule has 9 heteroatoms. The third-order valence-corrected chi connectivity index (χ3v) is 3.80. The maximum Gasteiger partial charge on any atom is 0.240 e. The average molecular weight is 350 g/mol. The van der Waals surface area contributed by atoms with E-state index >= 15 is 0 Å². The Kier molecular flexibility index (Phi) is 6.02. The highest BCUT2D eigenvalue weighted by Crippen LogP contribution is 2.21. The van der Waals surface area contributed by atoms with Crippen LogP contribution in [0.5, 0.6) is 0 Å². The van der Waals surface area contributed by atoms with Gasteiger partial charge in [0.2, 0.25) is 5.89 Å². The number of hydrogen-bond acceptors (Lipinski definition) is 7. The number of hydrogen-bond donors (Lipinski definition) is 1. The Morgan fingerprint density at radius 1 is 1.29 bits per heavy atom. The highest BCUT2D eigenvalue weighted by atomic mass is 35.5. The molecule has 0 aliphatic carbocycles. The first-order valence-corrected chi connectivity index (χ1v) is 7.34. The Bertz CT molecular complexity index is 742. The van der Waals surface area contributed by atoms with Crippen molar-refractivity contribution in [2.45, 2.75) is 26.1 Å². The van der Waals surface area contributed by atoms with Gasteiger partial charge in [-0.3, -0.25) is 4.90 Å². The minimum atomic E-state index is 0. The van der Waals surface area contributed by atoms with Crippen molar-refractivity contribution in [3.63, 3.8) is 0 Å². The van der Waals surface area contributed by atoms with Crippen LogP contribution in [-0.4, -0.2) is 36.9 Å². The summed E-state index contributed by atoms with van der Waals surface area (Å²) in [4.78, 5) is 10.3. The van der Waals surface area contributed by atoms with Gasteiger partial charge in [-0.05, 0) is 31.7 Å². The van der Waals surface area contributed by atoms with Gasteiger partial charge in [0.25, 0.3) is 0 Å². The van der Waals surface area contributed by atoms with Gasteiger partial charge < -0.3 is 10.3 Å². The summed E-state index contributed by atoms with van der Waals surface area (Å²) < 4.78 is 6.76. The quantitative estimate of drug-likeness (QED) is 0.723. The largest absolute Gasteiger partial charge is 0.338 e. The molecule has 0 spiro atoms. The van der Waals surface area contributed by atoms with Crippen molar-refractivity contribution >= 4 is 12.4 Å². The molecule has 0 saturated heterocycles. The second-order valence-electron chi connectivity index (χ2n) is 5.33. The van der Waals surface area contributed by atoms with Crippen LogP contribution in [-0.2, 0) is 13.1 Å². The number of rotatable bonds is 6. The first kappa shape index (κ1) is 18.1. The second-order valence-corrected chi connectivity index (χ2v) is 5.33. The summed E-state index contributed by atoms with van der Waals surface area (Å²) in [6.45, 7) is 2.99. The Labute approximate surface area is 146 Å². The standard InChI is InChI=1S/C15H19N7O.ClH/c1-11(21(2)8-14-19-15(7-16)23-20-14)12-3-5-13(6-4-12)22-10-17-9-18-22;/h3-6,9-11H,7-8,16H2,1-2H3;1H. The molecule has 2 heterocycles. The molecular weight excluding hydrogens is 330 g/mol. The maximum absolute atomic E-state index is 5.48. The zero-order valence-electron chi connectivity index (χ0n) is 13.5. The van der Waals surface area contributed by atoms with Crippen LogP contribution in [0.1, 0.15) is 30.2 Å². The molecule has 3 rings (SSSR count). The predicted molar refractivity (Wildman–Crippen MR) is 90.7 cm³/mol. The number of benzene rings is 1. The molecule has 128 valence electrons. The summed E-state index contributed by atoms with van der Waals surface area (Å²) in [6.07, 6.45) is 3.20. The van der Waals surface area contributed by atoms with E-state index in [2.05, 4.69) is 44.2 Å². The lowest BCUT2D eigenvalue weighted by molar-refractivity contribution is 0.242. The van der Waals surface area contributed by atoms with Crippen molar-refractivity contribution in [3.05, 3.63) is 54.2 Å². The van der Waals surface area contributed by atoms with E-state index in [1.165, 1.54) is 11.9 Å². The Morgan fingerprint density at radius 3 is 2.62 bits per heavy atom. The molecule has 0 fully saturated rings. The first-order valence-electron chi connectivity index (χ1n) is 7.34. The van der Waals surface area contributed by atoms with Crippen molar-refractivity contribution in [1.82, 2.24) is 29.8 Å². The fourth-order valence-electron chi connectivity index (χ4n) is 2.30. The van der Waals surface area contributed by atoms with Gasteiger partial charge in [0.1, 0.15) is 12.7 Å². The lowest BCUT2D eigenvalue weighted by Crippen LogP contribution is -2.22. The van der Waals surface area contributed by atoms with Crippen LogP contribution in [0.15, 0.2) is 41.4 Å². The molecule has 2 N–H and O–H groups in total. The topological polar surface area (TPSA) is 98.9 Å². The smallest absolute Gasteiger partial charge is 0.240 e. The highest BCUT2D eigenvalue weighted by molar-refractivity contribution is 5.85. The van der Waals surface area contributed by atoms with Crippen molar-refractivity contribution in [1.29, 1.82) is 0 Å². The summed E-state index contributed by atoms with van der Waals surface area (Å²) >= 11 is 0. The van der Waals surface area contributed by atoms with Gasteiger partial charge in [0, 0.05) is 6.04 Å². The van der Waals surface area contributed by atoms with E-state index in [0.29, 0.717) is 18.3 Å². The van der Waals surface area contributed by atoms with Crippen LogP contribution in [0.25, 0.3) is 5.69 Å². The molecule has 0 aliphatic heterocycles. The molecule has 8 nitrogen and oxygen atoms in total. The Hall–Kier alpha value is -2.29. The van der Waals surface area contributed by atoms with E-state index in [0.717, 1.165) is 5.69 Å². The van der Waals surface area contributed by atoms with E-state index in [1.807, 2.05) is 19.2 Å². The molecule has 0 saturated carbocycles. The van der Waals surface area contributed by atoms with Crippen LogP contribution in [0.2, 0.25) is 0 Å². The molecular formula is C15H20ClN7O. The summed E-state index contributed by atoms with van der Waals surface area (Å²) in [6, 6.07) is 8.42. The van der Waals surface area contributed by atoms with Gasteiger partial charge in [-0.15, -0.1) is 12.4 Å². The zero-order chi connectivity index (χ0) is 16.2. The van der Waals surface area contributed by atoms with Crippen LogP contribution >= 0.6 is 12.4 Å². The molecule has 0 radical (unpaired) electrons. The molecule has 0 bridgehead atoms. The minimum Gasteiger partial charge on any atom is -0.338 e. The lowest BCUT2D eigenvalue weighted by atomic mass is 10.1. The number of nitrogens with zero attached hydrogens (tertiary/aromatic N) is 6. The molecule has 24 heavy (non-hydrogen) atoms. The Morgan fingerprint density at radius 2 is 2.04 bits per heavy atom. The third-order valence-electron chi connectivity index (χ3n) is 3.80. The van der Waals surface area contributed by atoms with E-state index < -0.39 is 0 Å². The zero-order valence-corrected chi connectivity index (χ0v) is 14.3. The Balaban J connectivity index is 0.00000208. The van der Waals surface area contributed by atoms with Crippen molar-refractivity contribution in [2.75, 3.05) is 7.05 Å². The third kappa shape index (κ3) is 3.97. The van der Waals surface area contributed by atoms with Crippen LogP contribution in [0.4, 0.5) is 0 Å². The van der Waals surface area contributed by atoms with E-state index in [-0.39, 0.29) is 25.0 Å². The minimum absolute atomic E-state index is 0. The van der Waals surface area contributed by atoms with E-state index in [4.69, 9.17) is 10.3 Å². The summed E-state index contributed by atoms with van der Waals surface area (Å²) in [5.41, 5.74) is 7.65. The van der Waals surface area contributed by atoms with Gasteiger partial charge in [-0.1, -0.05) is 17.3 Å². The van der Waals surface area contributed by atoms with Gasteiger partial charge in [-0.2, -0.15) is 10.1 Å². The van der Waals surface area contributed by atoms with Gasteiger partial charge in [0.15, 0.2) is 5.82 Å². The van der Waals surface area contributed by atoms with Crippen LogP contribution in [0, 0.1) is 0 Å². The molecule has 3 aromatic rings. The highest BCUT2D eigenvalue weighted by Gasteiger charge is 2.15. The fraction of sp³-hybridized carbons (Fsp3) is 0.333. The molecule has 1 unspecified atom stereocenters. The van der Waals surface area contributed by atoms with Crippen LogP contribution in [0.3, 0.4) is 0 Å². The summed E-state index contributed by atoms with van der Waals surface area (Å²) in [5.74, 6) is 1.09. The lowest BCUT2D eigenvalue weighted by Gasteiger charge is -2.23. The average Bonchev–Trinajstić information content (AvgIpc) is 3.26. The van der Waals surface area contributed by atoms with Gasteiger partial charge in [-0.25, -0.2) is 9.67 Å². The van der Waals surface area contributed by atoms with Crippen molar-refractivity contribution in [2.24, 2.45) is 5.73 Å². The second kappa shape index (κ2) is 8.00. The van der Waals surface area contributed by atoms with Crippen molar-refractivity contribution < 1.29 is 4.52 Å². The molecule has 1 atom stereocenters. The van der Waals surface area contributed by atoms with Crippen molar-refractivity contribution in [3.8, 4) is 5.69 Å². The summed E-state index contributed by atoms with van der Waals surface area (Å²) in [7, 11) is 2.02. The van der Waals surface area contributed by atoms with Crippen LogP contribution < -0.4 is 5.73 Å². The molecule has 2 aromatic heterocycles. The number of halogens is 1.